The SMILES string of the molecule is O=C(C[C@@H]1CCC[C@H]1NC(=O)OCC1c2ccccc2-c2ccccc21)N[C@@H](CCO)C(=O)O. The van der Waals surface area contributed by atoms with Crippen molar-refractivity contribution in [1.29, 1.82) is 0 Å². The number of carbonyl (C=O) groups is 3. The number of amides is 2. The van der Waals surface area contributed by atoms with Gasteiger partial charge in [0.05, 0.1) is 0 Å². The van der Waals surface area contributed by atoms with Gasteiger partial charge in [0.1, 0.15) is 12.6 Å². The van der Waals surface area contributed by atoms with Crippen LogP contribution in [0.25, 0.3) is 11.1 Å². The van der Waals surface area contributed by atoms with Crippen molar-refractivity contribution in [2.24, 2.45) is 5.92 Å². The molecule has 180 valence electrons. The number of carboxylic acids is 1. The van der Waals surface area contributed by atoms with Crippen molar-refractivity contribution in [3.05, 3.63) is 59.7 Å². The Labute approximate surface area is 198 Å². The maximum atomic E-state index is 12.6. The number of benzene rings is 2. The summed E-state index contributed by atoms with van der Waals surface area (Å²) in [5, 5.41) is 23.5. The number of nitrogens with one attached hydrogen (secondary N) is 2. The molecular formula is C26H30N2O6. The van der Waals surface area contributed by atoms with Gasteiger partial charge in [0.15, 0.2) is 0 Å². The van der Waals surface area contributed by atoms with E-state index in [0.29, 0.717) is 0 Å². The van der Waals surface area contributed by atoms with Crippen LogP contribution in [0, 0.1) is 5.92 Å². The number of carboxylic acid groups (broad SMARTS) is 1. The monoisotopic (exact) mass is 466 g/mol. The molecule has 3 atom stereocenters. The molecule has 2 aliphatic carbocycles. The van der Waals surface area contributed by atoms with Crippen LogP contribution in [0.3, 0.4) is 0 Å². The van der Waals surface area contributed by atoms with Gasteiger partial charge in [0, 0.05) is 31.4 Å². The van der Waals surface area contributed by atoms with Gasteiger partial charge in [-0.3, -0.25) is 4.79 Å². The molecule has 0 bridgehead atoms. The predicted molar refractivity (Wildman–Crippen MR) is 125 cm³/mol. The summed E-state index contributed by atoms with van der Waals surface area (Å²) in [6.45, 7) is -0.105. The van der Waals surface area contributed by atoms with Crippen LogP contribution in [-0.2, 0) is 14.3 Å². The van der Waals surface area contributed by atoms with E-state index in [9.17, 15) is 14.4 Å². The fraction of sp³-hybridized carbons (Fsp3) is 0.423. The number of hydrogen-bond donors (Lipinski definition) is 4. The van der Waals surface area contributed by atoms with Crippen molar-refractivity contribution < 1.29 is 29.3 Å². The highest BCUT2D eigenvalue weighted by Crippen LogP contribution is 2.44. The number of aliphatic hydroxyl groups is 1. The molecule has 0 heterocycles. The van der Waals surface area contributed by atoms with Gasteiger partial charge < -0.3 is 25.6 Å². The molecule has 0 aromatic heterocycles. The van der Waals surface area contributed by atoms with E-state index < -0.39 is 24.0 Å². The van der Waals surface area contributed by atoms with Crippen LogP contribution >= 0.6 is 0 Å². The first-order valence-electron chi connectivity index (χ1n) is 11.7. The Balaban J connectivity index is 1.32. The largest absolute Gasteiger partial charge is 0.480 e. The average molecular weight is 467 g/mol. The number of hydrogen-bond acceptors (Lipinski definition) is 5. The summed E-state index contributed by atoms with van der Waals surface area (Å²) >= 11 is 0. The molecule has 2 amide bonds. The highest BCUT2D eigenvalue weighted by Gasteiger charge is 2.33. The highest BCUT2D eigenvalue weighted by atomic mass is 16.5. The molecule has 2 aliphatic rings. The van der Waals surface area contributed by atoms with E-state index in [-0.39, 0.29) is 43.9 Å². The molecule has 0 spiro atoms. The minimum absolute atomic E-state index is 0.0252. The van der Waals surface area contributed by atoms with Gasteiger partial charge in [-0.2, -0.15) is 0 Å². The number of fused-ring (bicyclic) bond motifs is 3. The van der Waals surface area contributed by atoms with Crippen molar-refractivity contribution in [3.63, 3.8) is 0 Å². The van der Waals surface area contributed by atoms with Crippen LogP contribution in [0.15, 0.2) is 48.5 Å². The standard InChI is InChI=1S/C26H30N2O6/c29-13-12-23(25(31)32)27-24(30)14-16-6-5-11-22(16)28-26(33)34-15-21-19-9-3-1-7-17(19)18-8-2-4-10-20(18)21/h1-4,7-10,16,21-23,29H,5-6,11-15H2,(H,27,30)(H,28,33)(H,31,32)/t16-,22+,23-/m0/s1. The molecule has 0 aliphatic heterocycles. The van der Waals surface area contributed by atoms with Crippen LogP contribution in [0.1, 0.15) is 49.1 Å². The second kappa shape index (κ2) is 10.7. The normalized spacial score (nSPS) is 19.7. The van der Waals surface area contributed by atoms with E-state index >= 15 is 0 Å². The third kappa shape index (κ3) is 5.22. The van der Waals surface area contributed by atoms with Crippen LogP contribution in [0.4, 0.5) is 4.79 Å². The Bertz CT molecular complexity index is 1010. The summed E-state index contributed by atoms with van der Waals surface area (Å²) < 4.78 is 5.63. The van der Waals surface area contributed by atoms with Crippen LogP contribution in [-0.4, -0.2) is 53.5 Å². The lowest BCUT2D eigenvalue weighted by molar-refractivity contribution is -0.142. The van der Waals surface area contributed by atoms with E-state index in [1.54, 1.807) is 0 Å². The smallest absolute Gasteiger partial charge is 0.407 e. The fourth-order valence-corrected chi connectivity index (χ4v) is 5.14. The third-order valence-electron chi connectivity index (χ3n) is 6.80. The van der Waals surface area contributed by atoms with Crippen LogP contribution in [0.5, 0.6) is 0 Å². The number of aliphatic carboxylic acids is 1. The van der Waals surface area contributed by atoms with Crippen molar-refractivity contribution in [3.8, 4) is 11.1 Å². The molecule has 4 N–H and O–H groups in total. The maximum Gasteiger partial charge on any atom is 0.407 e. The van der Waals surface area contributed by atoms with Crippen molar-refractivity contribution >= 4 is 18.0 Å². The summed E-state index contributed by atoms with van der Waals surface area (Å²) in [4.78, 5) is 36.2. The van der Waals surface area contributed by atoms with E-state index in [1.807, 2.05) is 24.3 Å². The topological polar surface area (TPSA) is 125 Å². The molecule has 1 saturated carbocycles. The summed E-state index contributed by atoms with van der Waals surface area (Å²) in [5.41, 5.74) is 4.61. The van der Waals surface area contributed by atoms with Crippen LogP contribution < -0.4 is 10.6 Å². The summed E-state index contributed by atoms with van der Waals surface area (Å²) in [7, 11) is 0. The molecule has 34 heavy (non-hydrogen) atoms. The lowest BCUT2D eigenvalue weighted by Gasteiger charge is -2.22. The molecule has 1 fully saturated rings. The molecule has 2 aromatic carbocycles. The second-order valence-corrected chi connectivity index (χ2v) is 8.94. The third-order valence-corrected chi connectivity index (χ3v) is 6.80. The Morgan fingerprint density at radius 1 is 1.00 bits per heavy atom. The zero-order valence-electron chi connectivity index (χ0n) is 18.9. The van der Waals surface area contributed by atoms with Crippen molar-refractivity contribution in [2.45, 2.75) is 50.1 Å². The second-order valence-electron chi connectivity index (χ2n) is 8.94. The molecule has 0 unspecified atom stereocenters. The zero-order chi connectivity index (χ0) is 24.1. The van der Waals surface area contributed by atoms with Crippen molar-refractivity contribution in [2.75, 3.05) is 13.2 Å². The highest BCUT2D eigenvalue weighted by molar-refractivity contribution is 5.83. The summed E-state index contributed by atoms with van der Waals surface area (Å²) in [5.74, 6) is -1.69. The first-order chi connectivity index (χ1) is 16.5. The first-order valence-corrected chi connectivity index (χ1v) is 11.7. The number of aliphatic hydroxyl groups excluding tert-OH is 1. The minimum Gasteiger partial charge on any atom is -0.480 e. The van der Waals surface area contributed by atoms with E-state index in [4.69, 9.17) is 14.9 Å². The van der Waals surface area contributed by atoms with Gasteiger partial charge >= 0.3 is 12.1 Å². The molecule has 4 rings (SSSR count). The number of alkyl carbamates (subject to hydrolysis) is 1. The van der Waals surface area contributed by atoms with Gasteiger partial charge in [-0.25, -0.2) is 9.59 Å². The predicted octanol–water partition coefficient (Wildman–Crippen LogP) is 3.04. The number of rotatable bonds is 9. The molecule has 0 saturated heterocycles. The fourth-order valence-electron chi connectivity index (χ4n) is 5.14. The van der Waals surface area contributed by atoms with Gasteiger partial charge in [0.25, 0.3) is 0 Å². The molecule has 8 heteroatoms. The Morgan fingerprint density at radius 2 is 1.65 bits per heavy atom. The quantitative estimate of drug-likeness (QED) is 0.450. The maximum absolute atomic E-state index is 12.6. The molecular weight excluding hydrogens is 436 g/mol. The Morgan fingerprint density at radius 3 is 2.26 bits per heavy atom. The first kappa shape index (κ1) is 23.8. The van der Waals surface area contributed by atoms with Crippen molar-refractivity contribution in [1.82, 2.24) is 10.6 Å². The summed E-state index contributed by atoms with van der Waals surface area (Å²) in [6, 6.07) is 14.9. The van der Waals surface area contributed by atoms with Gasteiger partial charge in [0.2, 0.25) is 5.91 Å². The molecule has 8 nitrogen and oxygen atoms in total. The number of carbonyl (C=O) groups excluding carboxylic acids is 2. The lowest BCUT2D eigenvalue weighted by atomic mass is 9.98. The van der Waals surface area contributed by atoms with Gasteiger partial charge in [-0.15, -0.1) is 0 Å². The molecule has 0 radical (unpaired) electrons. The molecule has 2 aromatic rings. The van der Waals surface area contributed by atoms with E-state index in [2.05, 4.69) is 34.9 Å². The van der Waals surface area contributed by atoms with Crippen LogP contribution in [0.2, 0.25) is 0 Å². The Kier molecular flexibility index (Phi) is 7.47. The van der Waals surface area contributed by atoms with Gasteiger partial charge in [-0.05, 0) is 41.0 Å². The number of ether oxygens (including phenoxy) is 1. The van der Waals surface area contributed by atoms with E-state index in [0.717, 1.165) is 41.5 Å². The average Bonchev–Trinajstić information content (AvgIpc) is 3.39. The minimum atomic E-state index is -1.18. The Hall–Kier alpha value is -3.39. The van der Waals surface area contributed by atoms with E-state index in [1.165, 1.54) is 0 Å². The zero-order valence-corrected chi connectivity index (χ0v) is 18.9. The van der Waals surface area contributed by atoms with Gasteiger partial charge in [-0.1, -0.05) is 55.0 Å². The lowest BCUT2D eigenvalue weighted by Crippen LogP contribution is -2.44. The summed E-state index contributed by atoms with van der Waals surface area (Å²) in [6.07, 6.45) is 1.92.